The smallest absolute Gasteiger partial charge is 0.0847 e. The SMILES string of the molecule is COC1(C(NN)C2CCCCCC2)CCC(C)CC1. The van der Waals surface area contributed by atoms with Gasteiger partial charge in [0.15, 0.2) is 0 Å². The molecule has 2 aliphatic rings. The fourth-order valence-corrected chi connectivity index (χ4v) is 4.25. The largest absolute Gasteiger partial charge is 0.377 e. The molecule has 1 unspecified atom stereocenters. The lowest BCUT2D eigenvalue weighted by Crippen LogP contribution is -2.59. The van der Waals surface area contributed by atoms with Gasteiger partial charge in [0.25, 0.3) is 0 Å². The lowest BCUT2D eigenvalue weighted by Gasteiger charge is -2.46. The molecule has 0 saturated heterocycles. The molecule has 2 aliphatic carbocycles. The van der Waals surface area contributed by atoms with E-state index in [0.29, 0.717) is 12.0 Å². The number of rotatable bonds is 4. The summed E-state index contributed by atoms with van der Waals surface area (Å²) in [5, 5.41) is 0. The van der Waals surface area contributed by atoms with Gasteiger partial charge in [0.2, 0.25) is 0 Å². The Kier molecular flexibility index (Phi) is 5.67. The molecule has 3 nitrogen and oxygen atoms in total. The van der Waals surface area contributed by atoms with E-state index in [1.807, 2.05) is 7.11 Å². The Labute approximate surface area is 118 Å². The van der Waals surface area contributed by atoms with Crippen LogP contribution in [0.5, 0.6) is 0 Å². The number of hydrazine groups is 1. The van der Waals surface area contributed by atoms with Gasteiger partial charge < -0.3 is 4.74 Å². The Morgan fingerprint density at radius 3 is 2.11 bits per heavy atom. The molecular weight excluding hydrogens is 236 g/mol. The first kappa shape index (κ1) is 15.3. The highest BCUT2D eigenvalue weighted by atomic mass is 16.5. The van der Waals surface area contributed by atoms with Crippen molar-refractivity contribution in [2.75, 3.05) is 7.11 Å². The van der Waals surface area contributed by atoms with Crippen LogP contribution < -0.4 is 11.3 Å². The molecule has 0 bridgehead atoms. The van der Waals surface area contributed by atoms with Crippen LogP contribution in [0, 0.1) is 11.8 Å². The van der Waals surface area contributed by atoms with Crippen molar-refractivity contribution < 1.29 is 4.74 Å². The van der Waals surface area contributed by atoms with Gasteiger partial charge in [-0.05, 0) is 50.4 Å². The van der Waals surface area contributed by atoms with Crippen LogP contribution in [0.3, 0.4) is 0 Å². The van der Waals surface area contributed by atoms with E-state index in [0.717, 1.165) is 18.8 Å². The van der Waals surface area contributed by atoms with Gasteiger partial charge in [-0.25, -0.2) is 0 Å². The maximum Gasteiger partial charge on any atom is 0.0847 e. The van der Waals surface area contributed by atoms with Gasteiger partial charge in [-0.2, -0.15) is 0 Å². The summed E-state index contributed by atoms with van der Waals surface area (Å²) in [7, 11) is 1.89. The topological polar surface area (TPSA) is 47.3 Å². The van der Waals surface area contributed by atoms with Gasteiger partial charge in [-0.1, -0.05) is 32.6 Å². The van der Waals surface area contributed by atoms with E-state index in [2.05, 4.69) is 12.3 Å². The van der Waals surface area contributed by atoms with Crippen LogP contribution in [0.4, 0.5) is 0 Å². The number of ether oxygens (including phenoxy) is 1. The molecule has 1 atom stereocenters. The van der Waals surface area contributed by atoms with Crippen molar-refractivity contribution in [3.8, 4) is 0 Å². The average molecular weight is 268 g/mol. The Morgan fingerprint density at radius 2 is 1.63 bits per heavy atom. The van der Waals surface area contributed by atoms with E-state index in [1.54, 1.807) is 0 Å². The van der Waals surface area contributed by atoms with E-state index in [-0.39, 0.29) is 5.60 Å². The quantitative estimate of drug-likeness (QED) is 0.467. The number of nitrogens with two attached hydrogens (primary N) is 1. The predicted octanol–water partition coefficient (Wildman–Crippen LogP) is 3.38. The third-order valence-corrected chi connectivity index (χ3v) is 5.64. The summed E-state index contributed by atoms with van der Waals surface area (Å²) in [6, 6.07) is 0.336. The molecule has 0 aromatic rings. The van der Waals surface area contributed by atoms with Gasteiger partial charge in [-0.3, -0.25) is 11.3 Å². The van der Waals surface area contributed by atoms with E-state index < -0.39 is 0 Å². The third-order valence-electron chi connectivity index (χ3n) is 5.64. The summed E-state index contributed by atoms with van der Waals surface area (Å²) in [4.78, 5) is 0. The monoisotopic (exact) mass is 268 g/mol. The van der Waals surface area contributed by atoms with Gasteiger partial charge in [-0.15, -0.1) is 0 Å². The van der Waals surface area contributed by atoms with E-state index in [4.69, 9.17) is 10.6 Å². The lowest BCUT2D eigenvalue weighted by atomic mass is 9.70. The van der Waals surface area contributed by atoms with Gasteiger partial charge in [0.05, 0.1) is 11.6 Å². The number of hydrogen-bond donors (Lipinski definition) is 2. The lowest BCUT2D eigenvalue weighted by molar-refractivity contribution is -0.0899. The van der Waals surface area contributed by atoms with Crippen molar-refractivity contribution >= 4 is 0 Å². The highest BCUT2D eigenvalue weighted by Crippen LogP contribution is 2.41. The van der Waals surface area contributed by atoms with Crippen LogP contribution in [0.25, 0.3) is 0 Å². The van der Waals surface area contributed by atoms with Crippen molar-refractivity contribution in [3.05, 3.63) is 0 Å². The van der Waals surface area contributed by atoms with Crippen LogP contribution >= 0.6 is 0 Å². The Hall–Kier alpha value is -0.120. The second-order valence-corrected chi connectivity index (χ2v) is 6.85. The molecule has 2 saturated carbocycles. The van der Waals surface area contributed by atoms with Crippen molar-refractivity contribution in [3.63, 3.8) is 0 Å². The van der Waals surface area contributed by atoms with Gasteiger partial charge >= 0.3 is 0 Å². The second-order valence-electron chi connectivity index (χ2n) is 6.85. The first-order valence-electron chi connectivity index (χ1n) is 8.23. The summed E-state index contributed by atoms with van der Waals surface area (Å²) in [5.41, 5.74) is 3.13. The molecule has 112 valence electrons. The van der Waals surface area contributed by atoms with E-state index in [9.17, 15) is 0 Å². The van der Waals surface area contributed by atoms with Crippen LogP contribution in [-0.2, 0) is 4.74 Å². The highest BCUT2D eigenvalue weighted by Gasteiger charge is 2.44. The number of nitrogens with one attached hydrogen (secondary N) is 1. The molecule has 0 aromatic carbocycles. The zero-order valence-electron chi connectivity index (χ0n) is 12.8. The summed E-state index contributed by atoms with van der Waals surface area (Å²) in [6.45, 7) is 2.36. The van der Waals surface area contributed by atoms with Crippen molar-refractivity contribution in [2.24, 2.45) is 17.7 Å². The van der Waals surface area contributed by atoms with Gasteiger partial charge in [0, 0.05) is 7.11 Å². The van der Waals surface area contributed by atoms with Crippen molar-refractivity contribution in [1.82, 2.24) is 5.43 Å². The fraction of sp³-hybridized carbons (Fsp3) is 1.00. The maximum absolute atomic E-state index is 6.03. The maximum atomic E-state index is 6.03. The third kappa shape index (κ3) is 3.50. The predicted molar refractivity (Wildman–Crippen MR) is 79.7 cm³/mol. The molecule has 0 aliphatic heterocycles. The van der Waals surface area contributed by atoms with E-state index >= 15 is 0 Å². The molecule has 3 heteroatoms. The summed E-state index contributed by atoms with van der Waals surface area (Å²) < 4.78 is 6.03. The molecular formula is C16H32N2O. The molecule has 19 heavy (non-hydrogen) atoms. The van der Waals surface area contributed by atoms with Crippen LogP contribution in [-0.4, -0.2) is 18.8 Å². The van der Waals surface area contributed by atoms with Crippen LogP contribution in [0.2, 0.25) is 0 Å². The Morgan fingerprint density at radius 1 is 1.05 bits per heavy atom. The first-order chi connectivity index (χ1) is 9.22. The Bertz CT molecular complexity index is 253. The number of hydrogen-bond acceptors (Lipinski definition) is 3. The van der Waals surface area contributed by atoms with Crippen LogP contribution in [0.1, 0.15) is 71.1 Å². The second kappa shape index (κ2) is 7.05. The zero-order valence-corrected chi connectivity index (χ0v) is 12.8. The molecule has 2 rings (SSSR count). The molecule has 0 heterocycles. The minimum absolute atomic E-state index is 0.0176. The summed E-state index contributed by atoms with van der Waals surface area (Å²) in [5.74, 6) is 7.49. The molecule has 0 radical (unpaired) electrons. The molecule has 0 spiro atoms. The molecule has 0 aromatic heterocycles. The molecule has 0 amide bonds. The minimum Gasteiger partial charge on any atom is -0.377 e. The summed E-state index contributed by atoms with van der Waals surface area (Å²) >= 11 is 0. The normalized spacial score (nSPS) is 35.8. The highest BCUT2D eigenvalue weighted by molar-refractivity contribution is 4.99. The van der Waals surface area contributed by atoms with Crippen molar-refractivity contribution in [1.29, 1.82) is 0 Å². The molecule has 3 N–H and O–H groups in total. The number of methoxy groups -OCH3 is 1. The Balaban J connectivity index is 2.08. The minimum atomic E-state index is -0.0176. The first-order valence-corrected chi connectivity index (χ1v) is 8.23. The van der Waals surface area contributed by atoms with Crippen molar-refractivity contribution in [2.45, 2.75) is 82.8 Å². The standard InChI is InChI=1S/C16H32N2O/c1-13-9-11-16(19-2,12-10-13)15(18-17)14-7-5-3-4-6-8-14/h13-15,18H,3-12,17H2,1-2H3. The zero-order chi connectivity index (χ0) is 13.7. The summed E-state index contributed by atoms with van der Waals surface area (Å²) in [6.07, 6.45) is 13.0. The van der Waals surface area contributed by atoms with E-state index in [1.165, 1.54) is 51.4 Å². The fourth-order valence-electron chi connectivity index (χ4n) is 4.25. The average Bonchev–Trinajstić information content (AvgIpc) is 2.71. The van der Waals surface area contributed by atoms with Crippen LogP contribution in [0.15, 0.2) is 0 Å². The van der Waals surface area contributed by atoms with Gasteiger partial charge in [0.1, 0.15) is 0 Å². The molecule has 2 fully saturated rings.